The lowest BCUT2D eigenvalue weighted by molar-refractivity contribution is 0.310. The van der Waals surface area contributed by atoms with Gasteiger partial charge < -0.3 is 19.7 Å². The third-order valence-corrected chi connectivity index (χ3v) is 5.00. The highest BCUT2D eigenvalue weighted by Gasteiger charge is 2.09. The van der Waals surface area contributed by atoms with Crippen LogP contribution in [0.3, 0.4) is 0 Å². The quantitative estimate of drug-likeness (QED) is 0.370. The normalized spacial score (nSPS) is 11.4. The third kappa shape index (κ3) is 6.71. The van der Waals surface area contributed by atoms with E-state index in [1.807, 2.05) is 27.0 Å². The van der Waals surface area contributed by atoms with Crippen molar-refractivity contribution in [3.8, 4) is 11.5 Å². The molecule has 1 N–H and O–H groups in total. The summed E-state index contributed by atoms with van der Waals surface area (Å²) < 4.78 is 11.0. The fourth-order valence-electron chi connectivity index (χ4n) is 2.88. The molecule has 154 valence electrons. The summed E-state index contributed by atoms with van der Waals surface area (Å²) in [5.41, 5.74) is 2.31. The number of rotatable bonds is 10. The summed E-state index contributed by atoms with van der Waals surface area (Å²) in [6.07, 6.45) is 1.92. The molecular formula is C21H32N4O2S. The lowest BCUT2D eigenvalue weighted by Crippen LogP contribution is -2.38. The Balaban J connectivity index is 1.91. The molecule has 0 radical (unpaired) electrons. The average molecular weight is 405 g/mol. The minimum absolute atomic E-state index is 0.626. The van der Waals surface area contributed by atoms with Crippen molar-refractivity contribution in [2.75, 3.05) is 33.9 Å². The van der Waals surface area contributed by atoms with Gasteiger partial charge in [0.2, 0.25) is 0 Å². The summed E-state index contributed by atoms with van der Waals surface area (Å²) in [4.78, 5) is 11.4. The van der Waals surface area contributed by atoms with Crippen LogP contribution in [0, 0.1) is 6.92 Å². The van der Waals surface area contributed by atoms with Gasteiger partial charge in [0, 0.05) is 25.5 Å². The molecule has 0 amide bonds. The molecule has 0 fully saturated rings. The van der Waals surface area contributed by atoms with Crippen molar-refractivity contribution >= 4 is 17.3 Å². The Hall–Kier alpha value is -2.28. The molecule has 0 saturated carbocycles. The monoisotopic (exact) mass is 404 g/mol. The maximum Gasteiger partial charge on any atom is 0.194 e. The van der Waals surface area contributed by atoms with Gasteiger partial charge in [-0.3, -0.25) is 4.99 Å². The number of nitrogens with one attached hydrogen (secondary N) is 1. The van der Waals surface area contributed by atoms with Crippen LogP contribution in [0.15, 0.2) is 28.6 Å². The van der Waals surface area contributed by atoms with Gasteiger partial charge in [-0.25, -0.2) is 4.98 Å². The first-order chi connectivity index (χ1) is 13.6. The van der Waals surface area contributed by atoms with Crippen molar-refractivity contribution in [2.45, 2.75) is 40.2 Å². The maximum absolute atomic E-state index is 5.66. The molecule has 6 nitrogen and oxygen atoms in total. The number of methoxy groups -OCH3 is 1. The number of ether oxygens (including phenoxy) is 2. The van der Waals surface area contributed by atoms with Crippen LogP contribution >= 0.6 is 11.3 Å². The summed E-state index contributed by atoms with van der Waals surface area (Å²) in [6, 6.07) is 6.12. The van der Waals surface area contributed by atoms with E-state index in [0.29, 0.717) is 6.61 Å². The number of thiazole rings is 1. The first-order valence-corrected chi connectivity index (χ1v) is 10.7. The highest BCUT2D eigenvalue weighted by atomic mass is 32.1. The number of aryl methyl sites for hydroxylation is 2. The maximum atomic E-state index is 5.66. The third-order valence-electron chi connectivity index (χ3n) is 4.18. The number of aromatic nitrogens is 1. The van der Waals surface area contributed by atoms with E-state index in [4.69, 9.17) is 14.5 Å². The first-order valence-electron chi connectivity index (χ1n) is 9.77. The van der Waals surface area contributed by atoms with Gasteiger partial charge in [-0.05, 0) is 51.3 Å². The Morgan fingerprint density at radius 1 is 1.29 bits per heavy atom. The summed E-state index contributed by atoms with van der Waals surface area (Å²) in [5.74, 6) is 2.49. The van der Waals surface area contributed by atoms with Gasteiger partial charge in [0.05, 0.1) is 31.0 Å². The Morgan fingerprint density at radius 2 is 2.11 bits per heavy atom. The Kier molecular flexibility index (Phi) is 9.07. The number of benzene rings is 1. The fraction of sp³-hybridized carbons (Fsp3) is 0.524. The van der Waals surface area contributed by atoms with E-state index in [9.17, 15) is 0 Å². The zero-order valence-electron chi connectivity index (χ0n) is 17.6. The highest BCUT2D eigenvalue weighted by Crippen LogP contribution is 2.28. The van der Waals surface area contributed by atoms with Crippen LogP contribution in [0.2, 0.25) is 0 Å². The SMILES string of the molecule is CCNC(=NCCCc1ccc(OC)c(OCC)c1)N(C)Cc1csc(C)n1. The lowest BCUT2D eigenvalue weighted by atomic mass is 10.1. The van der Waals surface area contributed by atoms with E-state index in [0.717, 1.165) is 60.6 Å². The average Bonchev–Trinajstić information content (AvgIpc) is 3.09. The van der Waals surface area contributed by atoms with Gasteiger partial charge in [-0.1, -0.05) is 6.07 Å². The van der Waals surface area contributed by atoms with Crippen LogP contribution in [0.4, 0.5) is 0 Å². The number of hydrogen-bond acceptors (Lipinski definition) is 5. The minimum atomic E-state index is 0.626. The molecule has 0 aliphatic rings. The second-order valence-corrected chi connectivity index (χ2v) is 7.53. The van der Waals surface area contributed by atoms with Crippen molar-refractivity contribution in [3.63, 3.8) is 0 Å². The van der Waals surface area contributed by atoms with Crippen molar-refractivity contribution in [3.05, 3.63) is 39.8 Å². The Morgan fingerprint density at radius 3 is 2.75 bits per heavy atom. The predicted octanol–water partition coefficient (Wildman–Crippen LogP) is 3.89. The molecule has 0 unspecified atom stereocenters. The van der Waals surface area contributed by atoms with E-state index in [-0.39, 0.29) is 0 Å². The standard InChI is InChI=1S/C21H32N4O2S/c1-6-22-21(25(4)14-18-15-28-16(3)24-18)23-12-8-9-17-10-11-19(26-5)20(13-17)27-7-2/h10-11,13,15H,6-9,12,14H2,1-5H3,(H,22,23). The van der Waals surface area contributed by atoms with Gasteiger partial charge in [0.1, 0.15) is 0 Å². The minimum Gasteiger partial charge on any atom is -0.493 e. The number of aliphatic imine (C=N–C) groups is 1. The Labute approximate surface area is 172 Å². The molecule has 0 saturated heterocycles. The molecule has 0 aliphatic carbocycles. The van der Waals surface area contributed by atoms with Crippen LogP contribution < -0.4 is 14.8 Å². The summed E-state index contributed by atoms with van der Waals surface area (Å²) >= 11 is 1.68. The molecule has 0 spiro atoms. The van der Waals surface area contributed by atoms with Gasteiger partial charge >= 0.3 is 0 Å². The van der Waals surface area contributed by atoms with Crippen molar-refractivity contribution < 1.29 is 9.47 Å². The van der Waals surface area contributed by atoms with Gasteiger partial charge in [0.15, 0.2) is 17.5 Å². The van der Waals surface area contributed by atoms with E-state index in [2.05, 4.69) is 39.6 Å². The molecule has 1 aromatic heterocycles. The van der Waals surface area contributed by atoms with Crippen molar-refractivity contribution in [1.29, 1.82) is 0 Å². The molecule has 0 bridgehead atoms. The largest absolute Gasteiger partial charge is 0.493 e. The highest BCUT2D eigenvalue weighted by molar-refractivity contribution is 7.09. The van der Waals surface area contributed by atoms with E-state index >= 15 is 0 Å². The topological polar surface area (TPSA) is 59.0 Å². The first kappa shape index (κ1) is 22.0. The summed E-state index contributed by atoms with van der Waals surface area (Å²) in [5, 5.41) is 6.56. The van der Waals surface area contributed by atoms with Crippen LogP contribution in [0.25, 0.3) is 0 Å². The van der Waals surface area contributed by atoms with Gasteiger partial charge in [-0.15, -0.1) is 11.3 Å². The second-order valence-electron chi connectivity index (χ2n) is 6.47. The van der Waals surface area contributed by atoms with Crippen LogP contribution in [-0.4, -0.2) is 49.7 Å². The summed E-state index contributed by atoms with van der Waals surface area (Å²) in [7, 11) is 3.71. The molecule has 7 heteroatoms. The predicted molar refractivity (Wildman–Crippen MR) is 117 cm³/mol. The van der Waals surface area contributed by atoms with Crippen LogP contribution in [-0.2, 0) is 13.0 Å². The van der Waals surface area contributed by atoms with Crippen molar-refractivity contribution in [1.82, 2.24) is 15.2 Å². The van der Waals surface area contributed by atoms with Crippen molar-refractivity contribution in [2.24, 2.45) is 4.99 Å². The molecule has 28 heavy (non-hydrogen) atoms. The zero-order chi connectivity index (χ0) is 20.4. The molecule has 2 rings (SSSR count). The second kappa shape index (κ2) is 11.5. The molecule has 0 atom stereocenters. The summed E-state index contributed by atoms with van der Waals surface area (Å²) in [6.45, 7) is 9.08. The lowest BCUT2D eigenvalue weighted by Gasteiger charge is -2.21. The number of hydrogen-bond donors (Lipinski definition) is 1. The van der Waals surface area contributed by atoms with Crippen LogP contribution in [0.1, 0.15) is 36.5 Å². The Bertz CT molecular complexity index is 761. The molecule has 2 aromatic rings. The van der Waals surface area contributed by atoms with Gasteiger partial charge in [0.25, 0.3) is 0 Å². The van der Waals surface area contributed by atoms with E-state index in [1.165, 1.54) is 5.56 Å². The molecule has 1 aromatic carbocycles. The smallest absolute Gasteiger partial charge is 0.194 e. The van der Waals surface area contributed by atoms with Crippen LogP contribution in [0.5, 0.6) is 11.5 Å². The number of nitrogens with zero attached hydrogens (tertiary/aromatic N) is 3. The molecule has 1 heterocycles. The van der Waals surface area contributed by atoms with E-state index < -0.39 is 0 Å². The molecule has 0 aliphatic heterocycles. The van der Waals surface area contributed by atoms with Gasteiger partial charge in [-0.2, -0.15) is 0 Å². The van der Waals surface area contributed by atoms with E-state index in [1.54, 1.807) is 18.4 Å². The molecular weight excluding hydrogens is 372 g/mol. The zero-order valence-corrected chi connectivity index (χ0v) is 18.4. The number of guanidine groups is 1. The fourth-order valence-corrected chi connectivity index (χ4v) is 3.49.